The molecule has 0 aliphatic rings. The summed E-state index contributed by atoms with van der Waals surface area (Å²) in [6, 6.07) is 3.78. The van der Waals surface area contributed by atoms with Gasteiger partial charge in [-0.3, -0.25) is 0 Å². The number of nitrogens with zero attached hydrogens (tertiary/aromatic N) is 1. The van der Waals surface area contributed by atoms with Crippen LogP contribution in [0.5, 0.6) is 0 Å². The third kappa shape index (κ3) is 3.41. The number of ether oxygens (including phenoxy) is 1. The highest BCUT2D eigenvalue weighted by Gasteiger charge is 2.09. The van der Waals surface area contributed by atoms with E-state index >= 15 is 0 Å². The fourth-order valence-corrected chi connectivity index (χ4v) is 2.88. The Morgan fingerprint density at radius 2 is 2.33 bits per heavy atom. The van der Waals surface area contributed by atoms with Gasteiger partial charge in [0.1, 0.15) is 5.01 Å². The fraction of sp³-hybridized carbons (Fsp3) is 0.167. The zero-order valence-electron chi connectivity index (χ0n) is 9.55. The van der Waals surface area contributed by atoms with E-state index in [1.54, 1.807) is 12.3 Å². The molecule has 6 heteroatoms. The lowest BCUT2D eigenvalue weighted by molar-refractivity contribution is 0.0520. The molecule has 2 rings (SSSR count). The van der Waals surface area contributed by atoms with Crippen LogP contribution in [0, 0.1) is 0 Å². The van der Waals surface area contributed by atoms with Gasteiger partial charge >= 0.3 is 5.97 Å². The molecular weight excluding hydrogens is 290 g/mol. The molecule has 18 heavy (non-hydrogen) atoms. The molecule has 2 aromatic rings. The molecule has 0 radical (unpaired) electrons. The molecule has 0 aliphatic carbocycles. The monoisotopic (exact) mass is 299 g/mol. The Bertz CT molecular complexity index is 574. The number of carbonyl (C=O) groups is 1. The van der Waals surface area contributed by atoms with Crippen LogP contribution in [0.25, 0.3) is 12.2 Å². The molecule has 0 spiro atoms. The molecule has 94 valence electrons. The second-order valence-electron chi connectivity index (χ2n) is 3.27. The van der Waals surface area contributed by atoms with Gasteiger partial charge in [-0.05, 0) is 31.2 Å². The highest BCUT2D eigenvalue weighted by molar-refractivity contribution is 7.17. The zero-order valence-corrected chi connectivity index (χ0v) is 11.9. The number of aromatic nitrogens is 1. The first-order valence-corrected chi connectivity index (χ1v) is 7.32. The summed E-state index contributed by atoms with van der Waals surface area (Å²) >= 11 is 8.73. The van der Waals surface area contributed by atoms with Crippen LogP contribution in [0.2, 0.25) is 4.34 Å². The summed E-state index contributed by atoms with van der Waals surface area (Å²) < 4.78 is 5.62. The van der Waals surface area contributed by atoms with E-state index in [2.05, 4.69) is 4.98 Å². The van der Waals surface area contributed by atoms with Crippen molar-refractivity contribution in [1.29, 1.82) is 0 Å². The molecule has 2 heterocycles. The normalized spacial score (nSPS) is 11.0. The van der Waals surface area contributed by atoms with Crippen LogP contribution in [0.4, 0.5) is 0 Å². The predicted octanol–water partition coefficient (Wildman–Crippen LogP) is 4.21. The van der Waals surface area contributed by atoms with Crippen LogP contribution >= 0.6 is 34.3 Å². The lowest BCUT2D eigenvalue weighted by Gasteiger charge is -1.95. The molecule has 0 amide bonds. The summed E-state index contributed by atoms with van der Waals surface area (Å²) in [7, 11) is 0. The Hall–Kier alpha value is -1.17. The van der Waals surface area contributed by atoms with Gasteiger partial charge in [-0.2, -0.15) is 0 Å². The van der Waals surface area contributed by atoms with E-state index in [1.807, 2.05) is 24.3 Å². The summed E-state index contributed by atoms with van der Waals surface area (Å²) in [5.74, 6) is -0.382. The summed E-state index contributed by atoms with van der Waals surface area (Å²) in [5, 5.41) is 2.46. The van der Waals surface area contributed by atoms with Gasteiger partial charge in [-0.15, -0.1) is 22.7 Å². The molecule has 0 bridgehead atoms. The van der Waals surface area contributed by atoms with E-state index in [0.717, 1.165) is 14.2 Å². The molecule has 0 saturated heterocycles. The highest BCUT2D eigenvalue weighted by Crippen LogP contribution is 2.23. The number of carbonyl (C=O) groups excluding carboxylic acids is 1. The first-order valence-electron chi connectivity index (χ1n) is 5.25. The van der Waals surface area contributed by atoms with Crippen LogP contribution in [-0.2, 0) is 4.74 Å². The number of thiazole rings is 1. The number of esters is 1. The number of rotatable bonds is 4. The lowest BCUT2D eigenvalue weighted by atomic mass is 10.4. The molecule has 0 saturated carbocycles. The van der Waals surface area contributed by atoms with Gasteiger partial charge in [0.05, 0.1) is 10.9 Å². The van der Waals surface area contributed by atoms with Gasteiger partial charge in [-0.25, -0.2) is 9.78 Å². The largest absolute Gasteiger partial charge is 0.461 e. The van der Waals surface area contributed by atoms with Crippen molar-refractivity contribution in [3.63, 3.8) is 0 Å². The number of thiophene rings is 1. The van der Waals surface area contributed by atoms with Crippen molar-refractivity contribution in [2.75, 3.05) is 6.61 Å². The maximum atomic E-state index is 11.4. The van der Waals surface area contributed by atoms with E-state index in [4.69, 9.17) is 16.3 Å². The van der Waals surface area contributed by atoms with Crippen molar-refractivity contribution >= 4 is 52.4 Å². The molecule has 0 unspecified atom stereocenters. The van der Waals surface area contributed by atoms with Gasteiger partial charge in [0.15, 0.2) is 5.69 Å². The molecule has 0 aromatic carbocycles. The van der Waals surface area contributed by atoms with E-state index in [9.17, 15) is 4.79 Å². The Balaban J connectivity index is 2.06. The Morgan fingerprint density at radius 1 is 1.50 bits per heavy atom. The molecular formula is C12H10ClNO2S2. The molecule has 0 aliphatic heterocycles. The average molecular weight is 300 g/mol. The lowest BCUT2D eigenvalue weighted by Crippen LogP contribution is -2.04. The third-order valence-corrected chi connectivity index (χ3v) is 4.00. The minimum atomic E-state index is -0.382. The van der Waals surface area contributed by atoms with Crippen molar-refractivity contribution < 1.29 is 9.53 Å². The third-order valence-electron chi connectivity index (χ3n) is 1.99. The van der Waals surface area contributed by atoms with Gasteiger partial charge in [0.2, 0.25) is 0 Å². The maximum absolute atomic E-state index is 11.4. The minimum Gasteiger partial charge on any atom is -0.461 e. The number of halogens is 1. The Kier molecular flexibility index (Phi) is 4.52. The van der Waals surface area contributed by atoms with E-state index < -0.39 is 0 Å². The van der Waals surface area contributed by atoms with Crippen molar-refractivity contribution in [2.45, 2.75) is 6.92 Å². The van der Waals surface area contributed by atoms with Crippen molar-refractivity contribution in [3.8, 4) is 0 Å². The van der Waals surface area contributed by atoms with Crippen LogP contribution < -0.4 is 0 Å². The second kappa shape index (κ2) is 6.13. The average Bonchev–Trinajstić information content (AvgIpc) is 2.95. The first kappa shape index (κ1) is 13.3. The standard InChI is InChI=1S/C12H10ClNO2S2/c1-2-16-12(15)9-7-17-11(14-9)6-4-8-3-5-10(13)18-8/h3-7H,2H2,1H3. The van der Waals surface area contributed by atoms with Crippen molar-refractivity contribution in [2.24, 2.45) is 0 Å². The number of hydrogen-bond donors (Lipinski definition) is 0. The maximum Gasteiger partial charge on any atom is 0.357 e. The van der Waals surface area contributed by atoms with Gasteiger partial charge in [0.25, 0.3) is 0 Å². The fourth-order valence-electron chi connectivity index (χ4n) is 1.23. The minimum absolute atomic E-state index is 0.353. The predicted molar refractivity (Wildman–Crippen MR) is 76.3 cm³/mol. The molecule has 3 nitrogen and oxygen atoms in total. The first-order chi connectivity index (χ1) is 8.69. The smallest absolute Gasteiger partial charge is 0.357 e. The SMILES string of the molecule is CCOC(=O)c1csc(C=Cc2ccc(Cl)s2)n1. The van der Waals surface area contributed by atoms with E-state index in [-0.39, 0.29) is 5.97 Å². The van der Waals surface area contributed by atoms with Gasteiger partial charge < -0.3 is 4.74 Å². The summed E-state index contributed by atoms with van der Waals surface area (Å²) in [4.78, 5) is 16.6. The Labute approximate surface area is 118 Å². The van der Waals surface area contributed by atoms with E-state index in [1.165, 1.54) is 22.7 Å². The van der Waals surface area contributed by atoms with E-state index in [0.29, 0.717) is 12.3 Å². The van der Waals surface area contributed by atoms with Crippen LogP contribution in [0.15, 0.2) is 17.5 Å². The summed E-state index contributed by atoms with van der Waals surface area (Å²) in [5.41, 5.74) is 0.353. The van der Waals surface area contributed by atoms with Gasteiger partial charge in [0, 0.05) is 10.3 Å². The van der Waals surface area contributed by atoms with Crippen LogP contribution in [0.1, 0.15) is 27.3 Å². The van der Waals surface area contributed by atoms with Crippen molar-refractivity contribution in [3.05, 3.63) is 37.4 Å². The topological polar surface area (TPSA) is 39.2 Å². The van der Waals surface area contributed by atoms with Crippen molar-refractivity contribution in [1.82, 2.24) is 4.98 Å². The van der Waals surface area contributed by atoms with Gasteiger partial charge in [-0.1, -0.05) is 11.6 Å². The molecule has 0 fully saturated rings. The summed E-state index contributed by atoms with van der Waals surface area (Å²) in [6.45, 7) is 2.13. The highest BCUT2D eigenvalue weighted by atomic mass is 35.5. The molecule has 0 atom stereocenters. The summed E-state index contributed by atoms with van der Waals surface area (Å²) in [6.07, 6.45) is 3.78. The zero-order chi connectivity index (χ0) is 13.0. The molecule has 0 N–H and O–H groups in total. The van der Waals surface area contributed by atoms with Crippen LogP contribution in [-0.4, -0.2) is 17.6 Å². The Morgan fingerprint density at radius 3 is 3.00 bits per heavy atom. The second-order valence-corrected chi connectivity index (χ2v) is 5.90. The number of hydrogen-bond acceptors (Lipinski definition) is 5. The van der Waals surface area contributed by atoms with Crippen LogP contribution in [0.3, 0.4) is 0 Å². The quantitative estimate of drug-likeness (QED) is 0.794. The molecule has 2 aromatic heterocycles.